The van der Waals surface area contributed by atoms with Gasteiger partial charge in [-0.1, -0.05) is 29.8 Å². The second-order valence-corrected chi connectivity index (χ2v) is 8.49. The van der Waals surface area contributed by atoms with Crippen molar-refractivity contribution in [2.24, 2.45) is 0 Å². The van der Waals surface area contributed by atoms with Crippen molar-refractivity contribution in [2.75, 3.05) is 31.1 Å². The minimum Gasteiger partial charge on any atom is -0.353 e. The fourth-order valence-electron chi connectivity index (χ4n) is 4.08. The Morgan fingerprint density at radius 2 is 1.70 bits per heavy atom. The van der Waals surface area contributed by atoms with Gasteiger partial charge in [-0.25, -0.2) is 9.97 Å². The van der Waals surface area contributed by atoms with Gasteiger partial charge in [0.2, 0.25) is 0 Å². The molecular formula is C25H27N5O3. The van der Waals surface area contributed by atoms with E-state index in [0.29, 0.717) is 43.1 Å². The Balaban J connectivity index is 1.53. The molecule has 1 aromatic heterocycles. The van der Waals surface area contributed by atoms with E-state index in [9.17, 15) is 14.9 Å². The minimum atomic E-state index is -0.448. The lowest BCUT2D eigenvalue weighted by atomic mass is 10.1. The van der Waals surface area contributed by atoms with Gasteiger partial charge >= 0.3 is 0 Å². The Morgan fingerprint density at radius 3 is 2.36 bits per heavy atom. The third-order valence-electron chi connectivity index (χ3n) is 6.16. The highest BCUT2D eigenvalue weighted by Crippen LogP contribution is 2.26. The summed E-state index contributed by atoms with van der Waals surface area (Å²) < 4.78 is 0. The lowest BCUT2D eigenvalue weighted by Crippen LogP contribution is -2.49. The van der Waals surface area contributed by atoms with Gasteiger partial charge in [0, 0.05) is 60.2 Å². The predicted molar refractivity (Wildman–Crippen MR) is 128 cm³/mol. The second kappa shape index (κ2) is 8.97. The van der Waals surface area contributed by atoms with Gasteiger partial charge in [0.15, 0.2) is 5.82 Å². The van der Waals surface area contributed by atoms with Gasteiger partial charge < -0.3 is 9.80 Å². The van der Waals surface area contributed by atoms with E-state index < -0.39 is 4.92 Å². The van der Waals surface area contributed by atoms with Crippen molar-refractivity contribution in [3.63, 3.8) is 0 Å². The molecule has 8 heteroatoms. The zero-order valence-corrected chi connectivity index (χ0v) is 19.3. The fraction of sp³-hybridized carbons (Fsp3) is 0.320. The van der Waals surface area contributed by atoms with Gasteiger partial charge in [-0.15, -0.1) is 0 Å². The first kappa shape index (κ1) is 22.4. The van der Waals surface area contributed by atoms with E-state index in [1.165, 1.54) is 6.07 Å². The highest BCUT2D eigenvalue weighted by molar-refractivity contribution is 5.95. The van der Waals surface area contributed by atoms with Crippen LogP contribution >= 0.6 is 0 Å². The zero-order valence-electron chi connectivity index (χ0n) is 19.3. The third kappa shape index (κ3) is 4.55. The van der Waals surface area contributed by atoms with E-state index in [1.54, 1.807) is 24.0 Å². The lowest BCUT2D eigenvalue weighted by molar-refractivity contribution is -0.385. The highest BCUT2D eigenvalue weighted by atomic mass is 16.6. The summed E-state index contributed by atoms with van der Waals surface area (Å²) in [6, 6.07) is 12.8. The van der Waals surface area contributed by atoms with Crippen LogP contribution in [0.4, 0.5) is 11.5 Å². The number of piperazine rings is 1. The fourth-order valence-corrected chi connectivity index (χ4v) is 4.08. The number of hydrogen-bond donors (Lipinski definition) is 0. The number of hydrogen-bond acceptors (Lipinski definition) is 6. The third-order valence-corrected chi connectivity index (χ3v) is 6.16. The number of benzene rings is 2. The first-order chi connectivity index (χ1) is 15.7. The van der Waals surface area contributed by atoms with Crippen molar-refractivity contribution in [3.8, 4) is 11.4 Å². The van der Waals surface area contributed by atoms with E-state index in [-0.39, 0.29) is 11.6 Å². The summed E-state index contributed by atoms with van der Waals surface area (Å²) >= 11 is 0. The molecule has 170 valence electrons. The van der Waals surface area contributed by atoms with Crippen molar-refractivity contribution < 1.29 is 9.72 Å². The molecule has 0 bridgehead atoms. The van der Waals surface area contributed by atoms with Crippen LogP contribution in [0.1, 0.15) is 32.7 Å². The number of carbonyl (C=O) groups is 1. The summed E-state index contributed by atoms with van der Waals surface area (Å²) in [7, 11) is 0. The summed E-state index contributed by atoms with van der Waals surface area (Å²) in [5.74, 6) is 1.40. The second-order valence-electron chi connectivity index (χ2n) is 8.49. The Hall–Kier alpha value is -3.81. The molecule has 3 aromatic rings. The van der Waals surface area contributed by atoms with Gasteiger partial charge in [-0.2, -0.15) is 0 Å². The maximum atomic E-state index is 13.0. The van der Waals surface area contributed by atoms with Crippen LogP contribution in [0, 0.1) is 37.8 Å². The van der Waals surface area contributed by atoms with Crippen molar-refractivity contribution in [3.05, 3.63) is 80.5 Å². The molecule has 1 aliphatic heterocycles. The quantitative estimate of drug-likeness (QED) is 0.440. The number of amides is 1. The van der Waals surface area contributed by atoms with Crippen molar-refractivity contribution >= 4 is 17.4 Å². The van der Waals surface area contributed by atoms with Crippen LogP contribution in [0.25, 0.3) is 11.4 Å². The molecule has 2 heterocycles. The normalized spacial score (nSPS) is 13.8. The molecule has 2 aromatic carbocycles. The average molecular weight is 446 g/mol. The minimum absolute atomic E-state index is 0.0322. The maximum Gasteiger partial charge on any atom is 0.273 e. The predicted octanol–water partition coefficient (Wildman–Crippen LogP) is 4.25. The van der Waals surface area contributed by atoms with E-state index in [2.05, 4.69) is 11.0 Å². The number of rotatable bonds is 4. The molecule has 0 spiro atoms. The summed E-state index contributed by atoms with van der Waals surface area (Å²) in [4.78, 5) is 37.3. The Kier molecular flexibility index (Phi) is 6.09. The van der Waals surface area contributed by atoms with E-state index in [1.807, 2.05) is 39.0 Å². The van der Waals surface area contributed by atoms with E-state index in [4.69, 9.17) is 9.97 Å². The van der Waals surface area contributed by atoms with Gasteiger partial charge in [-0.3, -0.25) is 14.9 Å². The number of anilines is 1. The van der Waals surface area contributed by atoms with Crippen LogP contribution in [-0.2, 0) is 0 Å². The topological polar surface area (TPSA) is 92.5 Å². The van der Waals surface area contributed by atoms with Gasteiger partial charge in [0.05, 0.1) is 4.92 Å². The number of nitro groups is 1. The number of nitrogens with zero attached hydrogens (tertiary/aromatic N) is 5. The van der Waals surface area contributed by atoms with Gasteiger partial charge in [-0.05, 0) is 39.8 Å². The largest absolute Gasteiger partial charge is 0.353 e. The Labute approximate surface area is 193 Å². The molecule has 0 aliphatic carbocycles. The molecular weight excluding hydrogens is 418 g/mol. The van der Waals surface area contributed by atoms with Crippen LogP contribution in [0.3, 0.4) is 0 Å². The Bertz CT molecular complexity index is 1230. The SMILES string of the molecule is Cc1cccc(-c2nc(C)c(C)c(N3CCN(C(=O)c4ccc(C)c([N+](=O)[O-])c4)CC3)n2)c1. The molecule has 0 radical (unpaired) electrons. The molecule has 0 atom stereocenters. The number of aryl methyl sites for hydroxylation is 3. The van der Waals surface area contributed by atoms with Gasteiger partial charge in [0.1, 0.15) is 5.82 Å². The summed E-state index contributed by atoms with van der Waals surface area (Å²) in [5, 5.41) is 11.2. The van der Waals surface area contributed by atoms with Gasteiger partial charge in [0.25, 0.3) is 11.6 Å². The molecule has 1 fully saturated rings. The molecule has 0 unspecified atom stereocenters. The maximum absolute atomic E-state index is 13.0. The van der Waals surface area contributed by atoms with Crippen molar-refractivity contribution in [1.29, 1.82) is 0 Å². The standard InChI is InChI=1S/C25H27N5O3/c1-16-6-5-7-20(14-16)23-26-19(4)18(3)24(27-23)28-10-12-29(13-11-28)25(31)21-9-8-17(2)22(15-21)30(32)33/h5-9,14-15H,10-13H2,1-4H3. The zero-order chi connectivity index (χ0) is 23.7. The first-order valence-electron chi connectivity index (χ1n) is 11.0. The van der Waals surface area contributed by atoms with Crippen LogP contribution in [0.15, 0.2) is 42.5 Å². The highest BCUT2D eigenvalue weighted by Gasteiger charge is 2.26. The van der Waals surface area contributed by atoms with Crippen LogP contribution in [0.2, 0.25) is 0 Å². The first-order valence-corrected chi connectivity index (χ1v) is 11.0. The number of aromatic nitrogens is 2. The van der Waals surface area contributed by atoms with E-state index in [0.717, 1.165) is 28.2 Å². The summed E-state index contributed by atoms with van der Waals surface area (Å²) in [6.45, 7) is 10.0. The van der Waals surface area contributed by atoms with Crippen molar-refractivity contribution in [1.82, 2.24) is 14.9 Å². The van der Waals surface area contributed by atoms with Crippen LogP contribution in [0.5, 0.6) is 0 Å². The van der Waals surface area contributed by atoms with Crippen LogP contribution < -0.4 is 4.90 Å². The smallest absolute Gasteiger partial charge is 0.273 e. The Morgan fingerprint density at radius 1 is 0.970 bits per heavy atom. The monoisotopic (exact) mass is 445 g/mol. The molecule has 4 rings (SSSR count). The molecule has 1 amide bonds. The lowest BCUT2D eigenvalue weighted by Gasteiger charge is -2.36. The van der Waals surface area contributed by atoms with E-state index >= 15 is 0 Å². The summed E-state index contributed by atoms with van der Waals surface area (Å²) in [5.41, 5.74) is 4.95. The number of nitro benzene ring substituents is 1. The molecule has 0 N–H and O–H groups in total. The number of carbonyl (C=O) groups excluding carboxylic acids is 1. The summed E-state index contributed by atoms with van der Waals surface area (Å²) in [6.07, 6.45) is 0. The molecule has 0 saturated carbocycles. The molecule has 8 nitrogen and oxygen atoms in total. The molecule has 1 aliphatic rings. The van der Waals surface area contributed by atoms with Crippen molar-refractivity contribution in [2.45, 2.75) is 27.7 Å². The van der Waals surface area contributed by atoms with Crippen LogP contribution in [-0.4, -0.2) is 51.9 Å². The molecule has 1 saturated heterocycles. The average Bonchev–Trinajstić information content (AvgIpc) is 2.80. The molecule has 33 heavy (non-hydrogen) atoms.